The maximum atomic E-state index is 12.6. The van der Waals surface area contributed by atoms with E-state index in [9.17, 15) is 8.42 Å². The fourth-order valence-electron chi connectivity index (χ4n) is 2.68. The lowest BCUT2D eigenvalue weighted by atomic mass is 9.99. The van der Waals surface area contributed by atoms with Crippen LogP contribution in [0.1, 0.15) is 30.3 Å². The molecular formula is C13H19N5O2S. The summed E-state index contributed by atoms with van der Waals surface area (Å²) in [5.74, 6) is 0.986. The molecule has 0 unspecified atom stereocenters. The minimum atomic E-state index is -3.52. The normalized spacial score (nSPS) is 20.8. The van der Waals surface area contributed by atoms with Crippen molar-refractivity contribution >= 4 is 10.0 Å². The van der Waals surface area contributed by atoms with E-state index in [2.05, 4.69) is 15.0 Å². The smallest absolute Gasteiger partial charge is 0.262 e. The second kappa shape index (κ2) is 5.27. The Morgan fingerprint density at radius 2 is 2.19 bits per heavy atom. The number of nitrogens with zero attached hydrogens (tertiary/aromatic N) is 4. The van der Waals surface area contributed by atoms with Gasteiger partial charge in [0.25, 0.3) is 10.0 Å². The number of piperidine rings is 1. The van der Waals surface area contributed by atoms with Crippen LogP contribution in [0.5, 0.6) is 0 Å². The number of imidazole rings is 2. The number of rotatable bonds is 3. The van der Waals surface area contributed by atoms with Crippen molar-refractivity contribution in [1.29, 1.82) is 0 Å². The van der Waals surface area contributed by atoms with Crippen molar-refractivity contribution < 1.29 is 8.42 Å². The first-order valence-electron chi connectivity index (χ1n) is 6.96. The molecule has 21 heavy (non-hydrogen) atoms. The van der Waals surface area contributed by atoms with Crippen LogP contribution in [0, 0.1) is 6.92 Å². The average molecular weight is 309 g/mol. The Bertz CT molecular complexity index is 733. The number of aromatic amines is 1. The first-order chi connectivity index (χ1) is 9.96. The molecule has 0 saturated carbocycles. The third-order valence-electron chi connectivity index (χ3n) is 3.78. The van der Waals surface area contributed by atoms with Crippen LogP contribution in [-0.4, -0.2) is 45.3 Å². The molecule has 8 heteroatoms. The second-order valence-electron chi connectivity index (χ2n) is 5.53. The predicted molar refractivity (Wildman–Crippen MR) is 77.3 cm³/mol. The van der Waals surface area contributed by atoms with Gasteiger partial charge in [-0.1, -0.05) is 0 Å². The van der Waals surface area contributed by atoms with Crippen LogP contribution >= 0.6 is 0 Å². The van der Waals surface area contributed by atoms with Crippen LogP contribution < -0.4 is 0 Å². The maximum Gasteiger partial charge on any atom is 0.262 e. The second-order valence-corrected chi connectivity index (χ2v) is 7.42. The molecule has 3 heterocycles. The van der Waals surface area contributed by atoms with Gasteiger partial charge in [-0.3, -0.25) is 0 Å². The van der Waals surface area contributed by atoms with E-state index < -0.39 is 10.0 Å². The highest BCUT2D eigenvalue weighted by Crippen LogP contribution is 2.28. The van der Waals surface area contributed by atoms with E-state index in [1.165, 1.54) is 16.8 Å². The Labute approximate surface area is 124 Å². The number of hydrogen-bond donors (Lipinski definition) is 1. The molecule has 114 valence electrons. The summed E-state index contributed by atoms with van der Waals surface area (Å²) in [6.07, 6.45) is 6.60. The maximum absolute atomic E-state index is 12.6. The van der Waals surface area contributed by atoms with E-state index in [0.717, 1.165) is 24.4 Å². The predicted octanol–water partition coefficient (Wildman–Crippen LogP) is 1.02. The number of aryl methyl sites for hydroxylation is 2. The fraction of sp³-hybridized carbons (Fsp3) is 0.538. The Balaban J connectivity index is 1.83. The summed E-state index contributed by atoms with van der Waals surface area (Å²) < 4.78 is 28.4. The van der Waals surface area contributed by atoms with Crippen molar-refractivity contribution in [3.63, 3.8) is 0 Å². The minimum Gasteiger partial charge on any atom is -0.346 e. The molecule has 0 spiro atoms. The summed E-state index contributed by atoms with van der Waals surface area (Å²) in [6, 6.07) is 0. The molecule has 1 fully saturated rings. The first-order valence-corrected chi connectivity index (χ1v) is 8.40. The summed E-state index contributed by atoms with van der Waals surface area (Å²) in [5.41, 5.74) is 0.995. The molecule has 1 N–H and O–H groups in total. The van der Waals surface area contributed by atoms with Gasteiger partial charge in [0.15, 0.2) is 5.03 Å². The van der Waals surface area contributed by atoms with Gasteiger partial charge in [-0.15, -0.1) is 0 Å². The van der Waals surface area contributed by atoms with Crippen LogP contribution in [-0.2, 0) is 17.1 Å². The van der Waals surface area contributed by atoms with Crippen molar-refractivity contribution in [1.82, 2.24) is 23.8 Å². The molecule has 3 rings (SSSR count). The number of nitrogens with one attached hydrogen (secondary N) is 1. The Morgan fingerprint density at radius 1 is 1.38 bits per heavy atom. The molecule has 1 atom stereocenters. The van der Waals surface area contributed by atoms with Gasteiger partial charge in [-0.25, -0.2) is 18.4 Å². The van der Waals surface area contributed by atoms with Gasteiger partial charge in [0.05, 0.1) is 6.33 Å². The van der Waals surface area contributed by atoms with Crippen LogP contribution in [0.15, 0.2) is 23.7 Å². The van der Waals surface area contributed by atoms with Crippen molar-refractivity contribution in [2.24, 2.45) is 7.05 Å². The van der Waals surface area contributed by atoms with E-state index in [0.29, 0.717) is 13.1 Å². The van der Waals surface area contributed by atoms with E-state index in [1.54, 1.807) is 17.8 Å². The van der Waals surface area contributed by atoms with Gasteiger partial charge in [0.2, 0.25) is 0 Å². The van der Waals surface area contributed by atoms with Gasteiger partial charge >= 0.3 is 0 Å². The monoisotopic (exact) mass is 309 g/mol. The van der Waals surface area contributed by atoms with Crippen LogP contribution in [0.2, 0.25) is 0 Å². The van der Waals surface area contributed by atoms with Crippen molar-refractivity contribution in [3.05, 3.63) is 30.2 Å². The summed E-state index contributed by atoms with van der Waals surface area (Å²) >= 11 is 0. The van der Waals surface area contributed by atoms with E-state index in [1.807, 2.05) is 6.92 Å². The third-order valence-corrected chi connectivity index (χ3v) is 5.53. The highest BCUT2D eigenvalue weighted by atomic mass is 32.2. The number of H-pyrrole nitrogens is 1. The SMILES string of the molecule is Cc1cnc([C@H]2CCCN(S(=O)(=O)c3cn(C)cn3)C2)[nH]1. The van der Waals surface area contributed by atoms with Crippen molar-refractivity contribution in [2.45, 2.75) is 30.7 Å². The lowest BCUT2D eigenvalue weighted by molar-refractivity contribution is 0.309. The Morgan fingerprint density at radius 3 is 2.81 bits per heavy atom. The zero-order valence-corrected chi connectivity index (χ0v) is 13.0. The largest absolute Gasteiger partial charge is 0.346 e. The van der Waals surface area contributed by atoms with Gasteiger partial charge < -0.3 is 9.55 Å². The number of aromatic nitrogens is 4. The molecule has 2 aromatic heterocycles. The minimum absolute atomic E-state index is 0.112. The third kappa shape index (κ3) is 2.73. The van der Waals surface area contributed by atoms with Gasteiger partial charge in [-0.05, 0) is 19.8 Å². The Kier molecular flexibility index (Phi) is 3.58. The quantitative estimate of drug-likeness (QED) is 0.917. The van der Waals surface area contributed by atoms with E-state index in [-0.39, 0.29) is 10.9 Å². The van der Waals surface area contributed by atoms with Crippen LogP contribution in [0.4, 0.5) is 0 Å². The summed E-state index contributed by atoms with van der Waals surface area (Å²) in [7, 11) is -1.76. The van der Waals surface area contributed by atoms with Crippen molar-refractivity contribution in [2.75, 3.05) is 13.1 Å². The highest BCUT2D eigenvalue weighted by molar-refractivity contribution is 7.89. The number of sulfonamides is 1. The topological polar surface area (TPSA) is 83.9 Å². The van der Waals surface area contributed by atoms with Gasteiger partial charge in [0.1, 0.15) is 5.82 Å². The molecular weight excluding hydrogens is 290 g/mol. The first kappa shape index (κ1) is 14.3. The number of hydrogen-bond acceptors (Lipinski definition) is 4. The molecule has 0 radical (unpaired) electrons. The standard InChI is InChI=1S/C13H19N5O2S/c1-10-6-14-13(16-10)11-4-3-5-18(7-11)21(19,20)12-8-17(2)9-15-12/h6,8-9,11H,3-5,7H2,1-2H3,(H,14,16)/t11-/m0/s1. The molecule has 2 aromatic rings. The summed E-state index contributed by atoms with van der Waals surface area (Å²) in [6.45, 7) is 2.93. The van der Waals surface area contributed by atoms with E-state index in [4.69, 9.17) is 0 Å². The van der Waals surface area contributed by atoms with Gasteiger partial charge in [-0.2, -0.15) is 4.31 Å². The van der Waals surface area contributed by atoms with Crippen molar-refractivity contribution in [3.8, 4) is 0 Å². The lowest BCUT2D eigenvalue weighted by Crippen LogP contribution is -2.39. The molecule has 1 aliphatic heterocycles. The average Bonchev–Trinajstić information content (AvgIpc) is 3.08. The molecule has 0 amide bonds. The summed E-state index contributed by atoms with van der Waals surface area (Å²) in [5, 5.41) is 0.112. The van der Waals surface area contributed by atoms with Gasteiger partial charge in [0, 0.05) is 44.1 Å². The fourth-order valence-corrected chi connectivity index (χ4v) is 4.17. The molecule has 0 bridgehead atoms. The Hall–Kier alpha value is -1.67. The molecule has 0 aliphatic carbocycles. The zero-order chi connectivity index (χ0) is 15.0. The lowest BCUT2D eigenvalue weighted by Gasteiger charge is -2.30. The summed E-state index contributed by atoms with van der Waals surface area (Å²) in [4.78, 5) is 11.5. The molecule has 1 aliphatic rings. The molecule has 7 nitrogen and oxygen atoms in total. The molecule has 0 aromatic carbocycles. The zero-order valence-electron chi connectivity index (χ0n) is 12.2. The van der Waals surface area contributed by atoms with Crippen LogP contribution in [0.25, 0.3) is 0 Å². The molecule has 1 saturated heterocycles. The van der Waals surface area contributed by atoms with E-state index >= 15 is 0 Å². The highest BCUT2D eigenvalue weighted by Gasteiger charge is 2.33. The van der Waals surface area contributed by atoms with Crippen LogP contribution in [0.3, 0.4) is 0 Å².